The van der Waals surface area contributed by atoms with Crippen molar-refractivity contribution in [1.29, 1.82) is 0 Å². The molecule has 0 aliphatic carbocycles. The molecule has 0 fully saturated rings. The minimum atomic E-state index is -5.56. The van der Waals surface area contributed by atoms with Crippen molar-refractivity contribution in [3.8, 4) is 5.75 Å². The predicted molar refractivity (Wildman–Crippen MR) is 95.0 cm³/mol. The molecule has 0 atom stereocenters. The molecule has 0 aliphatic rings. The number of anilines is 1. The standard InChI is InChI=1S/C16H17F3N2O4S2/c1-15(2,3)14-20-8-12(26-14)13(22)21-10-7-9(5-6-11(10)25-4)27(23,24)16(17,18)19/h5-8H,1-4H3,(H,21,22). The van der Waals surface area contributed by atoms with Crippen molar-refractivity contribution in [2.75, 3.05) is 12.4 Å². The van der Waals surface area contributed by atoms with Crippen LogP contribution < -0.4 is 10.1 Å². The number of carbonyl (C=O) groups excluding carboxylic acids is 1. The second-order valence-electron chi connectivity index (χ2n) is 6.55. The third-order valence-electron chi connectivity index (χ3n) is 3.41. The normalized spacial score (nSPS) is 12.7. The highest BCUT2D eigenvalue weighted by Crippen LogP contribution is 2.35. The van der Waals surface area contributed by atoms with Gasteiger partial charge in [0.05, 0.1) is 28.9 Å². The lowest BCUT2D eigenvalue weighted by Crippen LogP contribution is -2.23. The number of nitrogens with zero attached hydrogens (tertiary/aromatic N) is 1. The summed E-state index contributed by atoms with van der Waals surface area (Å²) in [6, 6.07) is 2.52. The summed E-state index contributed by atoms with van der Waals surface area (Å²) < 4.78 is 66.5. The second-order valence-corrected chi connectivity index (χ2v) is 9.52. The monoisotopic (exact) mass is 422 g/mol. The smallest absolute Gasteiger partial charge is 0.495 e. The number of alkyl halides is 3. The Labute approximate surface area is 158 Å². The van der Waals surface area contributed by atoms with E-state index in [0.29, 0.717) is 11.1 Å². The van der Waals surface area contributed by atoms with E-state index in [4.69, 9.17) is 4.74 Å². The van der Waals surface area contributed by atoms with Crippen molar-refractivity contribution >= 4 is 32.8 Å². The maximum atomic E-state index is 12.8. The Bertz CT molecular complexity index is 961. The highest BCUT2D eigenvalue weighted by atomic mass is 32.2. The fourth-order valence-electron chi connectivity index (χ4n) is 2.00. The summed E-state index contributed by atoms with van der Waals surface area (Å²) in [5.74, 6) is -0.618. The van der Waals surface area contributed by atoms with E-state index in [9.17, 15) is 26.4 Å². The zero-order chi connectivity index (χ0) is 20.6. The first-order valence-corrected chi connectivity index (χ1v) is 9.84. The number of hydrogen-bond acceptors (Lipinski definition) is 6. The molecule has 11 heteroatoms. The fourth-order valence-corrected chi connectivity index (χ4v) is 3.65. The summed E-state index contributed by atoms with van der Waals surface area (Å²) in [5, 5.41) is 3.08. The maximum absolute atomic E-state index is 12.8. The molecule has 1 aromatic heterocycles. The van der Waals surface area contributed by atoms with Crippen molar-refractivity contribution in [2.45, 2.75) is 36.6 Å². The van der Waals surface area contributed by atoms with Crippen LogP contribution in [0.5, 0.6) is 5.75 Å². The summed E-state index contributed by atoms with van der Waals surface area (Å²) in [6.45, 7) is 5.76. The molecule has 2 aromatic rings. The first-order chi connectivity index (χ1) is 12.3. The zero-order valence-electron chi connectivity index (χ0n) is 14.8. The van der Waals surface area contributed by atoms with Gasteiger partial charge < -0.3 is 10.1 Å². The summed E-state index contributed by atoms with van der Waals surface area (Å²) >= 11 is 1.13. The summed E-state index contributed by atoms with van der Waals surface area (Å²) in [6.07, 6.45) is 1.35. The molecule has 0 unspecified atom stereocenters. The Kier molecular flexibility index (Phi) is 5.58. The van der Waals surface area contributed by atoms with Crippen LogP contribution in [0.2, 0.25) is 0 Å². The predicted octanol–water partition coefficient (Wildman–Crippen LogP) is 4.00. The first kappa shape index (κ1) is 21.2. The van der Waals surface area contributed by atoms with E-state index in [0.717, 1.165) is 23.5 Å². The molecule has 0 aliphatic heterocycles. The molecule has 1 heterocycles. The van der Waals surface area contributed by atoms with Crippen molar-refractivity contribution in [3.05, 3.63) is 34.3 Å². The molecule has 27 heavy (non-hydrogen) atoms. The van der Waals surface area contributed by atoms with E-state index in [-0.39, 0.29) is 21.7 Å². The summed E-state index contributed by atoms with van der Waals surface area (Å²) in [7, 11) is -4.31. The number of halogens is 3. The number of sulfone groups is 1. The van der Waals surface area contributed by atoms with Crippen molar-refractivity contribution in [3.63, 3.8) is 0 Å². The van der Waals surface area contributed by atoms with Gasteiger partial charge in [0.1, 0.15) is 10.6 Å². The van der Waals surface area contributed by atoms with Crippen LogP contribution in [0.15, 0.2) is 29.3 Å². The van der Waals surface area contributed by atoms with Gasteiger partial charge >= 0.3 is 5.51 Å². The first-order valence-electron chi connectivity index (χ1n) is 7.54. The molecule has 1 N–H and O–H groups in total. The molecular weight excluding hydrogens is 405 g/mol. The lowest BCUT2D eigenvalue weighted by Gasteiger charge is -2.14. The molecule has 148 valence electrons. The number of benzene rings is 1. The van der Waals surface area contributed by atoms with E-state index in [1.54, 1.807) is 0 Å². The van der Waals surface area contributed by atoms with E-state index in [1.165, 1.54) is 13.3 Å². The number of thiazole rings is 1. The van der Waals surface area contributed by atoms with Crippen LogP contribution in [-0.4, -0.2) is 31.9 Å². The highest BCUT2D eigenvalue weighted by molar-refractivity contribution is 7.92. The van der Waals surface area contributed by atoms with E-state index >= 15 is 0 Å². The van der Waals surface area contributed by atoms with Crippen LogP contribution in [0.4, 0.5) is 18.9 Å². The molecule has 0 saturated carbocycles. The number of aromatic nitrogens is 1. The lowest BCUT2D eigenvalue weighted by molar-refractivity contribution is -0.0436. The van der Waals surface area contributed by atoms with E-state index < -0.39 is 26.1 Å². The molecular formula is C16H17F3N2O4S2. The van der Waals surface area contributed by atoms with Crippen molar-refractivity contribution in [2.24, 2.45) is 0 Å². The van der Waals surface area contributed by atoms with Crippen molar-refractivity contribution in [1.82, 2.24) is 4.98 Å². The largest absolute Gasteiger partial charge is 0.501 e. The molecule has 0 radical (unpaired) electrons. The molecule has 0 bridgehead atoms. The van der Waals surface area contributed by atoms with Crippen LogP contribution >= 0.6 is 11.3 Å². The van der Waals surface area contributed by atoms with Crippen LogP contribution in [0.1, 0.15) is 35.5 Å². The molecule has 6 nitrogen and oxygen atoms in total. The molecule has 1 amide bonds. The lowest BCUT2D eigenvalue weighted by atomic mass is 9.98. The van der Waals surface area contributed by atoms with Gasteiger partial charge in [-0.3, -0.25) is 4.79 Å². The number of amides is 1. The number of nitrogens with one attached hydrogen (secondary N) is 1. The SMILES string of the molecule is COc1ccc(S(=O)(=O)C(F)(F)F)cc1NC(=O)c1cnc(C(C)(C)C)s1. The number of carbonyl (C=O) groups is 1. The number of ether oxygens (including phenoxy) is 1. The number of methoxy groups -OCH3 is 1. The summed E-state index contributed by atoms with van der Waals surface area (Å²) in [5.41, 5.74) is -5.93. The van der Waals surface area contributed by atoms with Gasteiger partial charge in [0, 0.05) is 5.41 Å². The van der Waals surface area contributed by atoms with Gasteiger partial charge in [-0.25, -0.2) is 13.4 Å². The minimum absolute atomic E-state index is 0.0186. The van der Waals surface area contributed by atoms with Crippen molar-refractivity contribution < 1.29 is 31.1 Å². The Morgan fingerprint density at radius 3 is 2.33 bits per heavy atom. The molecule has 0 spiro atoms. The van der Waals surface area contributed by atoms with Crippen LogP contribution in [0, 0.1) is 0 Å². The van der Waals surface area contributed by atoms with Gasteiger partial charge in [-0.1, -0.05) is 20.8 Å². The Morgan fingerprint density at radius 2 is 1.85 bits per heavy atom. The van der Waals surface area contributed by atoms with Crippen LogP contribution in [-0.2, 0) is 15.3 Å². The average molecular weight is 422 g/mol. The number of rotatable bonds is 4. The third kappa shape index (κ3) is 4.41. The quantitative estimate of drug-likeness (QED) is 0.805. The number of hydrogen-bond donors (Lipinski definition) is 1. The van der Waals surface area contributed by atoms with Gasteiger partial charge in [-0.15, -0.1) is 11.3 Å². The summed E-state index contributed by atoms with van der Waals surface area (Å²) in [4.78, 5) is 15.8. The highest BCUT2D eigenvalue weighted by Gasteiger charge is 2.47. The van der Waals surface area contributed by atoms with Crippen LogP contribution in [0.25, 0.3) is 0 Å². The van der Waals surface area contributed by atoms with Gasteiger partial charge in [-0.2, -0.15) is 13.2 Å². The average Bonchev–Trinajstić information content (AvgIpc) is 3.04. The Hall–Kier alpha value is -2.14. The second kappa shape index (κ2) is 7.12. The molecule has 2 rings (SSSR count). The third-order valence-corrected chi connectivity index (χ3v) is 6.31. The topological polar surface area (TPSA) is 85.4 Å². The van der Waals surface area contributed by atoms with Crippen LogP contribution in [0.3, 0.4) is 0 Å². The van der Waals surface area contributed by atoms with Gasteiger partial charge in [0.25, 0.3) is 15.7 Å². The zero-order valence-corrected chi connectivity index (χ0v) is 16.5. The fraction of sp³-hybridized carbons (Fsp3) is 0.375. The molecule has 1 aromatic carbocycles. The maximum Gasteiger partial charge on any atom is 0.501 e. The Balaban J connectivity index is 2.39. The van der Waals surface area contributed by atoms with Gasteiger partial charge in [0.15, 0.2) is 0 Å². The van der Waals surface area contributed by atoms with E-state index in [1.807, 2.05) is 20.8 Å². The van der Waals surface area contributed by atoms with Gasteiger partial charge in [0.2, 0.25) is 0 Å². The Morgan fingerprint density at radius 1 is 1.22 bits per heavy atom. The minimum Gasteiger partial charge on any atom is -0.495 e. The molecule has 0 saturated heterocycles. The van der Waals surface area contributed by atoms with Gasteiger partial charge in [-0.05, 0) is 18.2 Å². The van der Waals surface area contributed by atoms with E-state index in [2.05, 4.69) is 10.3 Å².